The van der Waals surface area contributed by atoms with Crippen LogP contribution in [-0.2, 0) is 38.8 Å². The summed E-state index contributed by atoms with van der Waals surface area (Å²) in [6, 6.07) is 29.7. The number of benzene rings is 3. The molecule has 174 valence electrons. The second-order valence-corrected chi connectivity index (χ2v) is 8.99. The molecule has 1 aliphatic heterocycles. The van der Waals surface area contributed by atoms with Crippen molar-refractivity contribution < 1.29 is 24.1 Å². The van der Waals surface area contributed by atoms with Crippen LogP contribution in [0, 0.1) is 0 Å². The molecule has 0 radical (unpaired) electrons. The standard InChI is InChI=1S/C27H29IO5/c28-16-24-25(31-18-22-12-6-2-7-13-22)26(32-19-23-14-8-3-9-15-23)27(29,33-24)20-30-17-21-10-4-1-5-11-21/h1-15,24-26,29H,16-20H2/t24-,25-,26+,27+/m1/s1. The van der Waals surface area contributed by atoms with Gasteiger partial charge < -0.3 is 24.1 Å². The maximum atomic E-state index is 11.5. The van der Waals surface area contributed by atoms with Gasteiger partial charge in [-0.05, 0) is 16.7 Å². The van der Waals surface area contributed by atoms with E-state index in [9.17, 15) is 5.11 Å². The van der Waals surface area contributed by atoms with Crippen LogP contribution in [0.15, 0.2) is 91.0 Å². The van der Waals surface area contributed by atoms with E-state index in [0.29, 0.717) is 24.2 Å². The minimum atomic E-state index is -1.61. The van der Waals surface area contributed by atoms with Crippen LogP contribution in [0.25, 0.3) is 0 Å². The Bertz CT molecular complexity index is 956. The molecule has 6 heteroatoms. The molecule has 1 N–H and O–H groups in total. The Hall–Kier alpha value is -1.81. The van der Waals surface area contributed by atoms with Crippen LogP contribution in [0.1, 0.15) is 16.7 Å². The van der Waals surface area contributed by atoms with E-state index in [-0.39, 0.29) is 12.7 Å². The number of alkyl halides is 1. The number of halogens is 1. The highest BCUT2D eigenvalue weighted by Crippen LogP contribution is 2.36. The predicted octanol–water partition coefficient (Wildman–Crippen LogP) is 4.90. The average molecular weight is 560 g/mol. The Morgan fingerprint density at radius 2 is 1.21 bits per heavy atom. The van der Waals surface area contributed by atoms with Gasteiger partial charge in [-0.1, -0.05) is 114 Å². The van der Waals surface area contributed by atoms with Crippen molar-refractivity contribution in [3.8, 4) is 0 Å². The summed E-state index contributed by atoms with van der Waals surface area (Å²) in [4.78, 5) is 0. The normalized spacial score (nSPS) is 24.7. The summed E-state index contributed by atoms with van der Waals surface area (Å²) in [7, 11) is 0. The molecule has 1 heterocycles. The molecule has 0 bridgehead atoms. The van der Waals surface area contributed by atoms with Gasteiger partial charge in [0.1, 0.15) is 18.8 Å². The van der Waals surface area contributed by atoms with Crippen LogP contribution in [-0.4, -0.2) is 40.2 Å². The Labute approximate surface area is 208 Å². The second-order valence-electron chi connectivity index (χ2n) is 8.11. The van der Waals surface area contributed by atoms with Crippen molar-refractivity contribution in [1.29, 1.82) is 0 Å². The molecule has 4 atom stereocenters. The third-order valence-corrected chi connectivity index (χ3v) is 6.46. The van der Waals surface area contributed by atoms with Crippen molar-refractivity contribution in [3.63, 3.8) is 0 Å². The van der Waals surface area contributed by atoms with E-state index in [1.54, 1.807) is 0 Å². The first-order chi connectivity index (χ1) is 16.2. The van der Waals surface area contributed by atoms with Crippen molar-refractivity contribution in [2.75, 3.05) is 11.0 Å². The van der Waals surface area contributed by atoms with E-state index in [2.05, 4.69) is 22.6 Å². The average Bonchev–Trinajstić information content (AvgIpc) is 3.14. The zero-order valence-corrected chi connectivity index (χ0v) is 20.5. The highest BCUT2D eigenvalue weighted by molar-refractivity contribution is 14.1. The van der Waals surface area contributed by atoms with Gasteiger partial charge in [0.2, 0.25) is 5.79 Å². The largest absolute Gasteiger partial charge is 0.371 e. The van der Waals surface area contributed by atoms with Crippen molar-refractivity contribution >= 4 is 22.6 Å². The minimum Gasteiger partial charge on any atom is -0.371 e. The molecule has 0 spiro atoms. The highest BCUT2D eigenvalue weighted by atomic mass is 127. The summed E-state index contributed by atoms with van der Waals surface area (Å²) >= 11 is 2.26. The lowest BCUT2D eigenvalue weighted by Gasteiger charge is -2.30. The Balaban J connectivity index is 1.48. The zero-order valence-electron chi connectivity index (χ0n) is 18.4. The fourth-order valence-corrected chi connectivity index (χ4v) is 4.60. The van der Waals surface area contributed by atoms with Gasteiger partial charge in [0.25, 0.3) is 0 Å². The number of ether oxygens (including phenoxy) is 4. The summed E-state index contributed by atoms with van der Waals surface area (Å²) in [6.45, 7) is 1.12. The van der Waals surface area contributed by atoms with Gasteiger partial charge in [0.05, 0.1) is 25.9 Å². The molecule has 33 heavy (non-hydrogen) atoms. The minimum absolute atomic E-state index is 0.0142. The topological polar surface area (TPSA) is 57.2 Å². The third-order valence-electron chi connectivity index (χ3n) is 5.60. The molecule has 0 aliphatic carbocycles. The molecule has 3 aromatic carbocycles. The van der Waals surface area contributed by atoms with Crippen molar-refractivity contribution in [3.05, 3.63) is 108 Å². The Morgan fingerprint density at radius 1 is 0.727 bits per heavy atom. The number of aliphatic hydroxyl groups is 1. The molecule has 0 saturated carbocycles. The lowest BCUT2D eigenvalue weighted by atomic mass is 10.1. The number of hydrogen-bond donors (Lipinski definition) is 1. The Morgan fingerprint density at radius 3 is 1.73 bits per heavy atom. The number of hydrogen-bond acceptors (Lipinski definition) is 5. The monoisotopic (exact) mass is 560 g/mol. The molecule has 0 aromatic heterocycles. The first-order valence-electron chi connectivity index (χ1n) is 11.1. The molecule has 4 rings (SSSR count). The van der Waals surface area contributed by atoms with Crippen LogP contribution in [0.2, 0.25) is 0 Å². The SMILES string of the molecule is O[C@@]1(COCc2ccccc2)O[C@H](CI)[C@@H](OCc2ccccc2)[C@@H]1OCc1ccccc1. The summed E-state index contributed by atoms with van der Waals surface area (Å²) in [6.07, 6.45) is -1.45. The molecule has 1 aliphatic rings. The van der Waals surface area contributed by atoms with Crippen molar-refractivity contribution in [1.82, 2.24) is 0 Å². The molecule has 0 unspecified atom stereocenters. The molecular formula is C27H29IO5. The van der Waals surface area contributed by atoms with Gasteiger partial charge in [0.15, 0.2) is 0 Å². The summed E-state index contributed by atoms with van der Waals surface area (Å²) in [5.41, 5.74) is 3.11. The van der Waals surface area contributed by atoms with Gasteiger partial charge in [-0.2, -0.15) is 0 Å². The summed E-state index contributed by atoms with van der Waals surface area (Å²) < 4.78 is 25.2. The van der Waals surface area contributed by atoms with Gasteiger partial charge in [-0.15, -0.1) is 0 Å². The van der Waals surface area contributed by atoms with Crippen LogP contribution >= 0.6 is 22.6 Å². The third kappa shape index (κ3) is 6.62. The second kappa shape index (κ2) is 12.1. The van der Waals surface area contributed by atoms with E-state index in [1.807, 2.05) is 91.0 Å². The fourth-order valence-electron chi connectivity index (χ4n) is 3.92. The van der Waals surface area contributed by atoms with Gasteiger partial charge >= 0.3 is 0 Å². The molecule has 0 amide bonds. The van der Waals surface area contributed by atoms with Crippen LogP contribution in [0.4, 0.5) is 0 Å². The van der Waals surface area contributed by atoms with Crippen LogP contribution in [0.5, 0.6) is 0 Å². The molecule has 3 aromatic rings. The van der Waals surface area contributed by atoms with E-state index in [1.165, 1.54) is 0 Å². The molecule has 1 saturated heterocycles. The quantitative estimate of drug-likeness (QED) is 0.267. The zero-order chi connectivity index (χ0) is 22.9. The Kier molecular flexibility index (Phi) is 8.89. The maximum Gasteiger partial charge on any atom is 0.219 e. The lowest BCUT2D eigenvalue weighted by Crippen LogP contribution is -2.49. The van der Waals surface area contributed by atoms with Gasteiger partial charge in [-0.25, -0.2) is 0 Å². The first-order valence-corrected chi connectivity index (χ1v) is 12.6. The smallest absolute Gasteiger partial charge is 0.219 e. The van der Waals surface area contributed by atoms with Gasteiger partial charge in [0, 0.05) is 4.43 Å². The van der Waals surface area contributed by atoms with Crippen molar-refractivity contribution in [2.45, 2.75) is 43.9 Å². The fraction of sp³-hybridized carbons (Fsp3) is 0.333. The van der Waals surface area contributed by atoms with E-state index in [0.717, 1.165) is 16.7 Å². The van der Waals surface area contributed by atoms with Crippen LogP contribution < -0.4 is 0 Å². The lowest BCUT2D eigenvalue weighted by molar-refractivity contribution is -0.263. The predicted molar refractivity (Wildman–Crippen MR) is 135 cm³/mol. The summed E-state index contributed by atoms with van der Waals surface area (Å²) in [5.74, 6) is -1.61. The molecular weight excluding hydrogens is 531 g/mol. The van der Waals surface area contributed by atoms with Gasteiger partial charge in [-0.3, -0.25) is 0 Å². The highest BCUT2D eigenvalue weighted by Gasteiger charge is 2.56. The molecule has 5 nitrogen and oxygen atoms in total. The van der Waals surface area contributed by atoms with E-state index in [4.69, 9.17) is 18.9 Å². The first kappa shape index (κ1) is 24.3. The van der Waals surface area contributed by atoms with Crippen molar-refractivity contribution in [2.24, 2.45) is 0 Å². The van der Waals surface area contributed by atoms with Crippen LogP contribution in [0.3, 0.4) is 0 Å². The number of rotatable bonds is 11. The van der Waals surface area contributed by atoms with E-state index < -0.39 is 18.0 Å². The summed E-state index contributed by atoms with van der Waals surface area (Å²) in [5, 5.41) is 11.5. The van der Waals surface area contributed by atoms with E-state index >= 15 is 0 Å². The molecule has 1 fully saturated rings. The maximum absolute atomic E-state index is 11.5.